The van der Waals surface area contributed by atoms with Gasteiger partial charge in [-0.2, -0.15) is 0 Å². The molecule has 1 aromatic carbocycles. The fourth-order valence-electron chi connectivity index (χ4n) is 2.04. The molecule has 5 nitrogen and oxygen atoms in total. The van der Waals surface area contributed by atoms with Crippen molar-refractivity contribution in [1.29, 1.82) is 0 Å². The van der Waals surface area contributed by atoms with Crippen molar-refractivity contribution in [2.75, 3.05) is 6.54 Å². The number of rotatable bonds is 2. The molecule has 1 aromatic rings. The number of benzene rings is 1. The van der Waals surface area contributed by atoms with Gasteiger partial charge < -0.3 is 10.4 Å². The summed E-state index contributed by atoms with van der Waals surface area (Å²) < 4.78 is 0. The number of hydrogen-bond donors (Lipinski definition) is 2. The van der Waals surface area contributed by atoms with Crippen molar-refractivity contribution in [3.8, 4) is 5.75 Å². The molecule has 1 aliphatic heterocycles. The third kappa shape index (κ3) is 2.14. The first-order chi connectivity index (χ1) is 7.68. The molecule has 1 fully saturated rings. The van der Waals surface area contributed by atoms with Crippen LogP contribution in [-0.2, 0) is 0 Å². The van der Waals surface area contributed by atoms with E-state index in [0.717, 1.165) is 31.4 Å². The van der Waals surface area contributed by atoms with Crippen molar-refractivity contribution in [3.05, 3.63) is 33.9 Å². The Morgan fingerprint density at radius 1 is 1.44 bits per heavy atom. The largest absolute Gasteiger partial charge is 0.502 e. The maximum absolute atomic E-state index is 10.7. The second-order valence-corrected chi connectivity index (χ2v) is 4.01. The molecular weight excluding hydrogens is 208 g/mol. The van der Waals surface area contributed by atoms with E-state index in [2.05, 4.69) is 5.32 Å². The van der Waals surface area contributed by atoms with Gasteiger partial charge in [0.15, 0.2) is 5.75 Å². The summed E-state index contributed by atoms with van der Waals surface area (Å²) in [7, 11) is 0. The summed E-state index contributed by atoms with van der Waals surface area (Å²) in [4.78, 5) is 10.1. The molecule has 0 spiro atoms. The van der Waals surface area contributed by atoms with Crippen LogP contribution in [0.25, 0.3) is 0 Å². The van der Waals surface area contributed by atoms with Crippen LogP contribution in [0.2, 0.25) is 0 Å². The number of phenolic OH excluding ortho intramolecular Hbond substituents is 1. The van der Waals surface area contributed by atoms with E-state index in [9.17, 15) is 15.2 Å². The van der Waals surface area contributed by atoms with E-state index in [1.54, 1.807) is 6.07 Å². The third-order valence-electron chi connectivity index (χ3n) is 2.91. The van der Waals surface area contributed by atoms with Crippen LogP contribution in [0.1, 0.15) is 30.9 Å². The zero-order valence-electron chi connectivity index (χ0n) is 8.85. The first kappa shape index (κ1) is 10.9. The molecule has 1 unspecified atom stereocenters. The Kier molecular flexibility index (Phi) is 3.05. The predicted octanol–water partition coefficient (Wildman–Crippen LogP) is 2.11. The minimum atomic E-state index is -0.554. The summed E-state index contributed by atoms with van der Waals surface area (Å²) in [5.74, 6) is -0.274. The highest BCUT2D eigenvalue weighted by molar-refractivity contribution is 5.48. The van der Waals surface area contributed by atoms with E-state index in [0.29, 0.717) is 0 Å². The molecule has 0 radical (unpaired) electrons. The molecule has 0 amide bonds. The van der Waals surface area contributed by atoms with Crippen molar-refractivity contribution in [3.63, 3.8) is 0 Å². The maximum Gasteiger partial charge on any atom is 0.311 e. The fraction of sp³-hybridized carbons (Fsp3) is 0.455. The van der Waals surface area contributed by atoms with Gasteiger partial charge in [-0.25, -0.2) is 0 Å². The smallest absolute Gasteiger partial charge is 0.311 e. The molecule has 1 saturated heterocycles. The zero-order valence-corrected chi connectivity index (χ0v) is 8.85. The van der Waals surface area contributed by atoms with Gasteiger partial charge in [0, 0.05) is 12.1 Å². The van der Waals surface area contributed by atoms with Crippen LogP contribution in [0.4, 0.5) is 5.69 Å². The highest BCUT2D eigenvalue weighted by Gasteiger charge is 2.19. The highest BCUT2D eigenvalue weighted by atomic mass is 16.6. The number of piperidine rings is 1. The Hall–Kier alpha value is -1.62. The third-order valence-corrected chi connectivity index (χ3v) is 2.91. The Labute approximate surface area is 93.2 Å². The lowest BCUT2D eigenvalue weighted by atomic mass is 9.97. The molecule has 16 heavy (non-hydrogen) atoms. The molecule has 2 rings (SSSR count). The first-order valence-corrected chi connectivity index (χ1v) is 5.39. The van der Waals surface area contributed by atoms with Crippen molar-refractivity contribution in [2.24, 2.45) is 0 Å². The molecule has 0 saturated carbocycles. The minimum Gasteiger partial charge on any atom is -0.502 e. The summed E-state index contributed by atoms with van der Waals surface area (Å²) >= 11 is 0. The Morgan fingerprint density at radius 2 is 2.25 bits per heavy atom. The Balaban J connectivity index is 2.27. The van der Waals surface area contributed by atoms with Crippen molar-refractivity contribution >= 4 is 5.69 Å². The van der Waals surface area contributed by atoms with Gasteiger partial charge in [-0.1, -0.05) is 12.5 Å². The quantitative estimate of drug-likeness (QED) is 0.593. The number of hydrogen-bond acceptors (Lipinski definition) is 4. The molecule has 1 aliphatic rings. The molecule has 1 atom stereocenters. The Bertz CT molecular complexity index is 400. The van der Waals surface area contributed by atoms with Crippen molar-refractivity contribution in [1.82, 2.24) is 5.32 Å². The molecule has 86 valence electrons. The number of aromatic hydroxyl groups is 1. The van der Waals surface area contributed by atoms with Gasteiger partial charge >= 0.3 is 5.69 Å². The summed E-state index contributed by atoms with van der Waals surface area (Å²) in [6.45, 7) is 0.944. The van der Waals surface area contributed by atoms with Gasteiger partial charge in [-0.05, 0) is 31.0 Å². The number of phenols is 1. The number of nitro groups is 1. The van der Waals surface area contributed by atoms with Crippen molar-refractivity contribution < 1.29 is 10.0 Å². The second kappa shape index (κ2) is 4.49. The van der Waals surface area contributed by atoms with Crippen LogP contribution in [0.3, 0.4) is 0 Å². The SMILES string of the molecule is O=[N+]([O-])c1cc(C2CCCCN2)ccc1O. The van der Waals surface area contributed by atoms with E-state index in [4.69, 9.17) is 0 Å². The minimum absolute atomic E-state index is 0.174. The van der Waals surface area contributed by atoms with Gasteiger partial charge in [0.2, 0.25) is 0 Å². The average molecular weight is 222 g/mol. The van der Waals surface area contributed by atoms with Gasteiger partial charge in [-0.15, -0.1) is 0 Å². The molecule has 2 N–H and O–H groups in total. The average Bonchev–Trinajstić information content (AvgIpc) is 2.30. The number of nitrogens with zero attached hydrogens (tertiary/aromatic N) is 1. The summed E-state index contributed by atoms with van der Waals surface area (Å²) in [5.41, 5.74) is 0.661. The summed E-state index contributed by atoms with van der Waals surface area (Å²) in [5, 5.41) is 23.3. The second-order valence-electron chi connectivity index (χ2n) is 4.01. The topological polar surface area (TPSA) is 75.4 Å². The standard InChI is InChI=1S/C11H14N2O3/c14-11-5-4-8(7-10(11)13(15)16)9-3-1-2-6-12-9/h4-5,7,9,12,14H,1-3,6H2. The van der Waals surface area contributed by atoms with E-state index in [-0.39, 0.29) is 17.5 Å². The fourth-order valence-corrected chi connectivity index (χ4v) is 2.04. The highest BCUT2D eigenvalue weighted by Crippen LogP contribution is 2.31. The van der Waals surface area contributed by atoms with Gasteiger partial charge in [0.05, 0.1) is 4.92 Å². The van der Waals surface area contributed by atoms with Gasteiger partial charge in [0.1, 0.15) is 0 Å². The van der Waals surface area contributed by atoms with E-state index in [1.807, 2.05) is 0 Å². The molecule has 0 aliphatic carbocycles. The number of nitro benzene ring substituents is 1. The lowest BCUT2D eigenvalue weighted by Crippen LogP contribution is -2.26. The van der Waals surface area contributed by atoms with E-state index >= 15 is 0 Å². The first-order valence-electron chi connectivity index (χ1n) is 5.39. The predicted molar refractivity (Wildman–Crippen MR) is 59.4 cm³/mol. The lowest BCUT2D eigenvalue weighted by Gasteiger charge is -2.23. The molecule has 0 aromatic heterocycles. The van der Waals surface area contributed by atoms with E-state index in [1.165, 1.54) is 12.1 Å². The monoisotopic (exact) mass is 222 g/mol. The molecule has 5 heteroatoms. The number of nitrogens with one attached hydrogen (secondary N) is 1. The zero-order chi connectivity index (χ0) is 11.5. The maximum atomic E-state index is 10.7. The molecule has 1 heterocycles. The van der Waals surface area contributed by atoms with Crippen LogP contribution >= 0.6 is 0 Å². The van der Waals surface area contributed by atoms with Crippen LogP contribution in [0.15, 0.2) is 18.2 Å². The lowest BCUT2D eigenvalue weighted by molar-refractivity contribution is -0.385. The summed E-state index contributed by atoms with van der Waals surface area (Å²) in [6, 6.07) is 4.76. The van der Waals surface area contributed by atoms with Crippen LogP contribution in [0, 0.1) is 10.1 Å². The van der Waals surface area contributed by atoms with Crippen LogP contribution in [0.5, 0.6) is 5.75 Å². The summed E-state index contributed by atoms with van der Waals surface area (Å²) in [6.07, 6.45) is 3.27. The van der Waals surface area contributed by atoms with Crippen LogP contribution < -0.4 is 5.32 Å². The normalized spacial score (nSPS) is 20.6. The van der Waals surface area contributed by atoms with E-state index < -0.39 is 4.92 Å². The van der Waals surface area contributed by atoms with Gasteiger partial charge in [-0.3, -0.25) is 10.1 Å². The molecular formula is C11H14N2O3. The van der Waals surface area contributed by atoms with Crippen molar-refractivity contribution in [2.45, 2.75) is 25.3 Å². The Morgan fingerprint density at radius 3 is 2.88 bits per heavy atom. The van der Waals surface area contributed by atoms with Gasteiger partial charge in [0.25, 0.3) is 0 Å². The van der Waals surface area contributed by atoms with Crippen LogP contribution in [-0.4, -0.2) is 16.6 Å². The molecule has 0 bridgehead atoms.